The van der Waals surface area contributed by atoms with E-state index in [2.05, 4.69) is 25.6 Å². The second-order valence-electron chi connectivity index (χ2n) is 2.46. The lowest BCUT2D eigenvalue weighted by atomic mass is 10.3. The van der Waals surface area contributed by atoms with E-state index < -0.39 is 0 Å². The lowest BCUT2D eigenvalue weighted by Gasteiger charge is -1.98. The van der Waals surface area contributed by atoms with Gasteiger partial charge in [0, 0.05) is 10.6 Å². The normalized spacial score (nSPS) is 9.43. The van der Waals surface area contributed by atoms with Crippen molar-refractivity contribution in [2.24, 2.45) is 5.11 Å². The Morgan fingerprint density at radius 2 is 2.36 bits per heavy atom. The number of nitrogens with zero attached hydrogens (tertiary/aromatic N) is 7. The van der Waals surface area contributed by atoms with Crippen LogP contribution in [0.2, 0.25) is 0 Å². The monoisotopic (exact) mass is 187 g/mol. The molecule has 0 bridgehead atoms. The van der Waals surface area contributed by atoms with Gasteiger partial charge in [0.2, 0.25) is 0 Å². The van der Waals surface area contributed by atoms with E-state index in [0.717, 1.165) is 5.69 Å². The highest BCUT2D eigenvalue weighted by Gasteiger charge is 1.97. The van der Waals surface area contributed by atoms with E-state index >= 15 is 0 Å². The molecule has 2 aromatic rings. The summed E-state index contributed by atoms with van der Waals surface area (Å²) in [6.07, 6.45) is 1.47. The Labute approximate surface area is 78.6 Å². The van der Waals surface area contributed by atoms with Gasteiger partial charge in [-0.05, 0) is 28.1 Å². The highest BCUT2D eigenvalue weighted by molar-refractivity contribution is 5.46. The molecule has 0 atom stereocenters. The Kier molecular flexibility index (Phi) is 2.08. The molecule has 1 aromatic carbocycles. The van der Waals surface area contributed by atoms with Crippen LogP contribution in [0.3, 0.4) is 0 Å². The number of aromatic nitrogens is 4. The van der Waals surface area contributed by atoms with E-state index in [1.807, 2.05) is 6.07 Å². The van der Waals surface area contributed by atoms with Crippen LogP contribution < -0.4 is 0 Å². The molecule has 7 heteroatoms. The van der Waals surface area contributed by atoms with Gasteiger partial charge in [-0.15, -0.1) is 5.10 Å². The van der Waals surface area contributed by atoms with Gasteiger partial charge < -0.3 is 0 Å². The molecule has 1 aromatic heterocycles. The van der Waals surface area contributed by atoms with Crippen LogP contribution in [-0.4, -0.2) is 20.2 Å². The smallest absolute Gasteiger partial charge is 0.143 e. The minimum absolute atomic E-state index is 0.528. The minimum Gasteiger partial charge on any atom is -0.201 e. The van der Waals surface area contributed by atoms with E-state index in [0.29, 0.717) is 5.69 Å². The molecule has 0 unspecified atom stereocenters. The molecule has 2 rings (SSSR count). The van der Waals surface area contributed by atoms with Crippen LogP contribution >= 0.6 is 0 Å². The Balaban J connectivity index is 2.45. The Bertz CT molecular complexity index is 469. The number of hydrogen-bond acceptors (Lipinski definition) is 4. The van der Waals surface area contributed by atoms with E-state index in [-0.39, 0.29) is 0 Å². The summed E-state index contributed by atoms with van der Waals surface area (Å²) in [5.41, 5.74) is 9.53. The van der Waals surface area contributed by atoms with Crippen LogP contribution in [0.1, 0.15) is 0 Å². The molecular weight excluding hydrogens is 182 g/mol. The lowest BCUT2D eigenvalue weighted by molar-refractivity contribution is 0.789. The van der Waals surface area contributed by atoms with Crippen molar-refractivity contribution < 1.29 is 0 Å². The largest absolute Gasteiger partial charge is 0.201 e. The first-order valence-electron chi connectivity index (χ1n) is 3.78. The fourth-order valence-electron chi connectivity index (χ4n) is 1.03. The second-order valence-corrected chi connectivity index (χ2v) is 2.46. The zero-order valence-corrected chi connectivity index (χ0v) is 7.02. The topological polar surface area (TPSA) is 92.4 Å². The van der Waals surface area contributed by atoms with Crippen molar-refractivity contribution >= 4 is 5.69 Å². The molecular formula is C7H5N7. The molecule has 0 amide bonds. The average molecular weight is 187 g/mol. The van der Waals surface area contributed by atoms with Crippen LogP contribution in [0.25, 0.3) is 16.1 Å². The van der Waals surface area contributed by atoms with E-state index in [4.69, 9.17) is 5.53 Å². The number of rotatable bonds is 2. The Morgan fingerprint density at radius 1 is 1.43 bits per heavy atom. The van der Waals surface area contributed by atoms with Crippen LogP contribution in [0, 0.1) is 0 Å². The van der Waals surface area contributed by atoms with Crippen molar-refractivity contribution in [1.82, 2.24) is 20.2 Å². The molecule has 68 valence electrons. The maximum absolute atomic E-state index is 8.25. The van der Waals surface area contributed by atoms with E-state index in [9.17, 15) is 0 Å². The molecule has 0 aliphatic heterocycles. The summed E-state index contributed by atoms with van der Waals surface area (Å²) >= 11 is 0. The molecule has 7 nitrogen and oxygen atoms in total. The summed E-state index contributed by atoms with van der Waals surface area (Å²) in [6, 6.07) is 6.97. The number of benzene rings is 1. The molecule has 1 heterocycles. The molecule has 0 N–H and O–H groups in total. The highest BCUT2D eigenvalue weighted by atomic mass is 15.5. The number of hydrogen-bond donors (Lipinski definition) is 0. The fraction of sp³-hybridized carbons (Fsp3) is 0. The summed E-state index contributed by atoms with van der Waals surface area (Å²) in [7, 11) is 0. The Hall–Kier alpha value is -2.40. The van der Waals surface area contributed by atoms with Crippen LogP contribution in [0.4, 0.5) is 5.69 Å². The molecule has 14 heavy (non-hydrogen) atoms. The van der Waals surface area contributed by atoms with Crippen molar-refractivity contribution in [2.45, 2.75) is 0 Å². The molecule has 0 aliphatic carbocycles. The summed E-state index contributed by atoms with van der Waals surface area (Å²) < 4.78 is 1.48. The van der Waals surface area contributed by atoms with Crippen molar-refractivity contribution in [3.8, 4) is 5.69 Å². The van der Waals surface area contributed by atoms with Gasteiger partial charge in [0.25, 0.3) is 0 Å². The molecule has 0 saturated carbocycles. The highest BCUT2D eigenvalue weighted by Crippen LogP contribution is 2.15. The standard InChI is InChI=1S/C7H5N7/c8-11-10-6-2-1-3-7(4-6)14-5-9-12-13-14/h1-5H. The Morgan fingerprint density at radius 3 is 3.07 bits per heavy atom. The van der Waals surface area contributed by atoms with Gasteiger partial charge in [0.15, 0.2) is 0 Å². The summed E-state index contributed by atoms with van der Waals surface area (Å²) in [6.45, 7) is 0. The molecule has 0 spiro atoms. The van der Waals surface area contributed by atoms with Gasteiger partial charge >= 0.3 is 0 Å². The van der Waals surface area contributed by atoms with E-state index in [1.165, 1.54) is 11.0 Å². The molecule has 0 saturated heterocycles. The quantitative estimate of drug-likeness (QED) is 0.406. The van der Waals surface area contributed by atoms with Gasteiger partial charge in [-0.3, -0.25) is 0 Å². The third-order valence-corrected chi connectivity index (χ3v) is 1.60. The van der Waals surface area contributed by atoms with Crippen molar-refractivity contribution in [2.75, 3.05) is 0 Å². The van der Waals surface area contributed by atoms with Crippen molar-refractivity contribution in [3.05, 3.63) is 41.0 Å². The first-order valence-corrected chi connectivity index (χ1v) is 3.78. The summed E-state index contributed by atoms with van der Waals surface area (Å²) in [5, 5.41) is 14.2. The third kappa shape index (κ3) is 1.52. The second kappa shape index (κ2) is 3.55. The van der Waals surface area contributed by atoms with E-state index in [1.54, 1.807) is 18.2 Å². The first-order chi connectivity index (χ1) is 6.90. The molecule has 0 fully saturated rings. The SMILES string of the molecule is [N-]=[N+]=Nc1cccc(-n2cnnn2)c1. The van der Waals surface area contributed by atoms with Crippen LogP contribution in [0.5, 0.6) is 0 Å². The summed E-state index contributed by atoms with van der Waals surface area (Å²) in [4.78, 5) is 2.69. The first kappa shape index (κ1) is 8.21. The maximum atomic E-state index is 8.25. The van der Waals surface area contributed by atoms with Crippen molar-refractivity contribution in [3.63, 3.8) is 0 Å². The van der Waals surface area contributed by atoms with Crippen molar-refractivity contribution in [1.29, 1.82) is 0 Å². The van der Waals surface area contributed by atoms with Gasteiger partial charge in [-0.2, -0.15) is 0 Å². The minimum atomic E-state index is 0.528. The fourth-order valence-corrected chi connectivity index (χ4v) is 1.03. The number of azide groups is 1. The lowest BCUT2D eigenvalue weighted by Crippen LogP contribution is -1.93. The predicted octanol–water partition coefficient (Wildman–Crippen LogP) is 1.60. The van der Waals surface area contributed by atoms with Crippen LogP contribution in [-0.2, 0) is 0 Å². The average Bonchev–Trinajstić information content (AvgIpc) is 2.71. The molecule has 0 radical (unpaired) electrons. The molecule has 0 aliphatic rings. The summed E-state index contributed by atoms with van der Waals surface area (Å²) in [5.74, 6) is 0. The van der Waals surface area contributed by atoms with Gasteiger partial charge in [-0.1, -0.05) is 17.2 Å². The predicted molar refractivity (Wildman–Crippen MR) is 48.0 cm³/mol. The third-order valence-electron chi connectivity index (χ3n) is 1.60. The maximum Gasteiger partial charge on any atom is 0.143 e. The number of tetrazole rings is 1. The zero-order chi connectivity index (χ0) is 9.80. The zero-order valence-electron chi connectivity index (χ0n) is 7.02. The van der Waals surface area contributed by atoms with Gasteiger partial charge in [-0.25, -0.2) is 4.68 Å². The van der Waals surface area contributed by atoms with Gasteiger partial charge in [0.1, 0.15) is 6.33 Å². The van der Waals surface area contributed by atoms with Crippen LogP contribution in [0.15, 0.2) is 35.7 Å². The van der Waals surface area contributed by atoms with Gasteiger partial charge in [0.05, 0.1) is 5.69 Å².